The quantitative estimate of drug-likeness (QED) is 0.806. The number of hydrogen-bond donors (Lipinski definition) is 1. The predicted octanol–water partition coefficient (Wildman–Crippen LogP) is 4.33. The molecule has 2 aromatic carbocycles. The van der Waals surface area contributed by atoms with E-state index in [0.717, 1.165) is 50.0 Å². The number of carbonyl (C=O) groups excluding carboxylic acids is 1. The molecule has 1 amide bonds. The number of amides is 1. The number of hydrogen-bond acceptors (Lipinski definition) is 3. The third-order valence-corrected chi connectivity index (χ3v) is 4.91. The van der Waals surface area contributed by atoms with E-state index in [0.29, 0.717) is 0 Å². The molecule has 1 N–H and O–H groups in total. The maximum absolute atomic E-state index is 11.1. The lowest BCUT2D eigenvalue weighted by Gasteiger charge is -2.32. The van der Waals surface area contributed by atoms with Crippen LogP contribution in [0.2, 0.25) is 0 Å². The average molecular weight is 352 g/mol. The number of likely N-dealkylation sites (tertiary alicyclic amines) is 1. The summed E-state index contributed by atoms with van der Waals surface area (Å²) in [6.45, 7) is 5.62. The molecule has 0 unspecified atom stereocenters. The lowest BCUT2D eigenvalue weighted by Crippen LogP contribution is -2.33. The summed E-state index contributed by atoms with van der Waals surface area (Å²) >= 11 is 0. The van der Waals surface area contributed by atoms with Crippen LogP contribution in [0.4, 0.5) is 5.69 Å². The summed E-state index contributed by atoms with van der Waals surface area (Å²) in [7, 11) is 0. The molecule has 1 aliphatic heterocycles. The summed E-state index contributed by atoms with van der Waals surface area (Å²) in [6.07, 6.45) is 3.56. The Hall–Kier alpha value is -2.33. The smallest absolute Gasteiger partial charge is 0.221 e. The van der Waals surface area contributed by atoms with Crippen LogP contribution in [0.25, 0.3) is 0 Å². The van der Waals surface area contributed by atoms with Crippen LogP contribution in [0.5, 0.6) is 5.75 Å². The maximum atomic E-state index is 11.1. The van der Waals surface area contributed by atoms with E-state index in [4.69, 9.17) is 4.74 Å². The Morgan fingerprint density at radius 3 is 2.62 bits per heavy atom. The van der Waals surface area contributed by atoms with Gasteiger partial charge in [0, 0.05) is 25.2 Å². The van der Waals surface area contributed by atoms with Crippen molar-refractivity contribution in [2.45, 2.75) is 32.7 Å². The van der Waals surface area contributed by atoms with E-state index in [2.05, 4.69) is 40.5 Å². The van der Waals surface area contributed by atoms with E-state index in [-0.39, 0.29) is 5.91 Å². The van der Waals surface area contributed by atoms with Gasteiger partial charge < -0.3 is 10.1 Å². The minimum Gasteiger partial charge on any atom is -0.494 e. The van der Waals surface area contributed by atoms with E-state index < -0.39 is 0 Å². The molecule has 3 rings (SSSR count). The highest BCUT2D eigenvalue weighted by atomic mass is 16.5. The Kier molecular flexibility index (Phi) is 6.67. The van der Waals surface area contributed by atoms with Crippen LogP contribution < -0.4 is 10.1 Å². The Morgan fingerprint density at radius 1 is 1.12 bits per heavy atom. The zero-order chi connectivity index (χ0) is 18.2. The van der Waals surface area contributed by atoms with Gasteiger partial charge >= 0.3 is 0 Å². The summed E-state index contributed by atoms with van der Waals surface area (Å²) in [4.78, 5) is 13.7. The molecular weight excluding hydrogens is 324 g/mol. The lowest BCUT2D eigenvalue weighted by molar-refractivity contribution is -0.114. The van der Waals surface area contributed by atoms with Gasteiger partial charge in [0.15, 0.2) is 0 Å². The largest absolute Gasteiger partial charge is 0.494 e. The van der Waals surface area contributed by atoms with Crippen LogP contribution >= 0.6 is 0 Å². The van der Waals surface area contributed by atoms with Gasteiger partial charge in [-0.1, -0.05) is 36.4 Å². The lowest BCUT2D eigenvalue weighted by atomic mass is 9.93. The fourth-order valence-corrected chi connectivity index (χ4v) is 3.49. The zero-order valence-corrected chi connectivity index (χ0v) is 15.5. The summed E-state index contributed by atoms with van der Waals surface area (Å²) in [5.41, 5.74) is 2.18. The van der Waals surface area contributed by atoms with E-state index >= 15 is 0 Å². The molecule has 1 aliphatic rings. The number of nitrogens with one attached hydrogen (secondary N) is 1. The molecule has 0 saturated carbocycles. The molecule has 0 bridgehead atoms. The van der Waals surface area contributed by atoms with Crippen LogP contribution in [-0.2, 0) is 11.3 Å². The second-order valence-electron chi connectivity index (χ2n) is 7.05. The van der Waals surface area contributed by atoms with Crippen LogP contribution in [0.15, 0.2) is 54.6 Å². The minimum absolute atomic E-state index is 0.0654. The molecule has 0 aliphatic carbocycles. The van der Waals surface area contributed by atoms with Gasteiger partial charge in [-0.2, -0.15) is 0 Å². The highest BCUT2D eigenvalue weighted by molar-refractivity contribution is 5.88. The topological polar surface area (TPSA) is 41.6 Å². The van der Waals surface area contributed by atoms with Gasteiger partial charge in [0.05, 0.1) is 6.61 Å². The first-order valence-corrected chi connectivity index (χ1v) is 9.46. The highest BCUT2D eigenvalue weighted by Crippen LogP contribution is 2.23. The van der Waals surface area contributed by atoms with Crippen LogP contribution in [-0.4, -0.2) is 30.5 Å². The molecule has 0 atom stereocenters. The fourth-order valence-electron chi connectivity index (χ4n) is 3.49. The third kappa shape index (κ3) is 5.88. The van der Waals surface area contributed by atoms with Crippen molar-refractivity contribution in [3.63, 3.8) is 0 Å². The predicted molar refractivity (Wildman–Crippen MR) is 105 cm³/mol. The van der Waals surface area contributed by atoms with Gasteiger partial charge in [-0.15, -0.1) is 0 Å². The van der Waals surface area contributed by atoms with Crippen molar-refractivity contribution in [3.05, 3.63) is 60.2 Å². The minimum atomic E-state index is -0.0654. The Balaban J connectivity index is 1.37. The molecule has 0 aromatic heterocycles. The summed E-state index contributed by atoms with van der Waals surface area (Å²) in [5.74, 6) is 1.49. The third-order valence-electron chi connectivity index (χ3n) is 4.91. The van der Waals surface area contributed by atoms with Gasteiger partial charge in [-0.05, 0) is 56.0 Å². The zero-order valence-electron chi connectivity index (χ0n) is 15.5. The van der Waals surface area contributed by atoms with Crippen molar-refractivity contribution in [2.24, 2.45) is 5.92 Å². The number of nitrogens with zero attached hydrogens (tertiary/aromatic N) is 1. The van der Waals surface area contributed by atoms with E-state index in [1.165, 1.54) is 25.3 Å². The Labute approximate surface area is 156 Å². The molecule has 1 saturated heterocycles. The number of carbonyl (C=O) groups is 1. The molecule has 4 heteroatoms. The van der Waals surface area contributed by atoms with Crippen molar-refractivity contribution in [1.29, 1.82) is 0 Å². The normalized spacial score (nSPS) is 15.6. The first-order valence-electron chi connectivity index (χ1n) is 9.46. The monoisotopic (exact) mass is 352 g/mol. The Morgan fingerprint density at radius 2 is 1.88 bits per heavy atom. The molecule has 4 nitrogen and oxygen atoms in total. The van der Waals surface area contributed by atoms with E-state index in [1.54, 1.807) is 0 Å². The fraction of sp³-hybridized carbons (Fsp3) is 0.409. The standard InChI is InChI=1S/C22H28N2O2/c1-18(25)23-21-8-5-9-22(16-21)26-15-12-19-10-13-24(14-11-19)17-20-6-3-2-4-7-20/h2-9,16,19H,10-15,17H2,1H3,(H,23,25). The molecular formula is C22H28N2O2. The Bertz CT molecular complexity index is 694. The van der Waals surface area contributed by atoms with Crippen molar-refractivity contribution < 1.29 is 9.53 Å². The van der Waals surface area contributed by atoms with Crippen molar-refractivity contribution >= 4 is 11.6 Å². The number of rotatable bonds is 7. The van der Waals surface area contributed by atoms with Crippen molar-refractivity contribution in [1.82, 2.24) is 4.90 Å². The molecule has 26 heavy (non-hydrogen) atoms. The summed E-state index contributed by atoms with van der Waals surface area (Å²) in [5, 5.41) is 2.79. The van der Waals surface area contributed by atoms with Gasteiger partial charge in [0.1, 0.15) is 5.75 Å². The van der Waals surface area contributed by atoms with E-state index in [1.807, 2.05) is 24.3 Å². The van der Waals surface area contributed by atoms with Crippen LogP contribution in [0.3, 0.4) is 0 Å². The van der Waals surface area contributed by atoms with Crippen LogP contribution in [0, 0.1) is 5.92 Å². The highest BCUT2D eigenvalue weighted by Gasteiger charge is 2.19. The first kappa shape index (κ1) is 18.5. The molecule has 0 radical (unpaired) electrons. The molecule has 2 aromatic rings. The van der Waals surface area contributed by atoms with E-state index in [9.17, 15) is 4.79 Å². The van der Waals surface area contributed by atoms with Gasteiger partial charge in [-0.25, -0.2) is 0 Å². The number of benzene rings is 2. The van der Waals surface area contributed by atoms with Gasteiger partial charge in [0.2, 0.25) is 5.91 Å². The second kappa shape index (κ2) is 9.39. The maximum Gasteiger partial charge on any atom is 0.221 e. The average Bonchev–Trinajstić information content (AvgIpc) is 2.64. The molecule has 1 fully saturated rings. The van der Waals surface area contributed by atoms with Gasteiger partial charge in [0.25, 0.3) is 0 Å². The van der Waals surface area contributed by atoms with Crippen molar-refractivity contribution in [3.8, 4) is 5.75 Å². The second-order valence-corrected chi connectivity index (χ2v) is 7.05. The SMILES string of the molecule is CC(=O)Nc1cccc(OCCC2CCN(Cc3ccccc3)CC2)c1. The van der Waals surface area contributed by atoms with Crippen LogP contribution in [0.1, 0.15) is 31.7 Å². The first-order chi connectivity index (χ1) is 12.7. The molecule has 138 valence electrons. The molecule has 0 spiro atoms. The number of piperidine rings is 1. The number of anilines is 1. The summed E-state index contributed by atoms with van der Waals surface area (Å²) < 4.78 is 5.89. The van der Waals surface area contributed by atoms with Crippen molar-refractivity contribution in [2.75, 3.05) is 25.0 Å². The summed E-state index contributed by atoms with van der Waals surface area (Å²) in [6, 6.07) is 18.3. The molecule has 1 heterocycles. The number of ether oxygens (including phenoxy) is 1. The van der Waals surface area contributed by atoms with Gasteiger partial charge in [-0.3, -0.25) is 9.69 Å².